The summed E-state index contributed by atoms with van der Waals surface area (Å²) in [5, 5.41) is 0. The monoisotopic (exact) mass is 356 g/mol. The van der Waals surface area contributed by atoms with Crippen molar-refractivity contribution in [2.45, 2.75) is 26.8 Å². The number of hydrogen-bond acceptors (Lipinski definition) is 4. The van der Waals surface area contributed by atoms with E-state index in [0.717, 1.165) is 11.3 Å². The number of amides is 2. The fourth-order valence-corrected chi connectivity index (χ4v) is 3.86. The first-order chi connectivity index (χ1) is 11.9. The predicted molar refractivity (Wildman–Crippen MR) is 98.4 cm³/mol. The molecule has 1 aliphatic heterocycles. The van der Waals surface area contributed by atoms with Crippen LogP contribution in [0.5, 0.6) is 0 Å². The number of Topliss-reactive ketones (excluding diaryl/α,β-unsaturated/α-hetero) is 1. The van der Waals surface area contributed by atoms with Crippen LogP contribution in [-0.4, -0.2) is 41.6 Å². The number of aryl methyl sites for hydroxylation is 1. The summed E-state index contributed by atoms with van der Waals surface area (Å²) in [6.45, 7) is 5.89. The van der Waals surface area contributed by atoms with Gasteiger partial charge in [0.15, 0.2) is 5.78 Å². The Balaban J connectivity index is 1.80. The molecular weight excluding hydrogens is 336 g/mol. The Kier molecular flexibility index (Phi) is 4.72. The average Bonchev–Trinajstić information content (AvgIpc) is 3.07. The van der Waals surface area contributed by atoms with Gasteiger partial charge < -0.3 is 9.80 Å². The minimum atomic E-state index is -0.192. The zero-order valence-corrected chi connectivity index (χ0v) is 15.3. The van der Waals surface area contributed by atoms with Crippen LogP contribution in [0.2, 0.25) is 0 Å². The first-order valence-corrected chi connectivity index (χ1v) is 8.98. The molecule has 5 nitrogen and oxygen atoms in total. The third kappa shape index (κ3) is 3.35. The lowest BCUT2D eigenvalue weighted by Gasteiger charge is -2.39. The summed E-state index contributed by atoms with van der Waals surface area (Å²) in [5.74, 6) is -0.343. The molecule has 130 valence electrons. The van der Waals surface area contributed by atoms with E-state index in [1.54, 1.807) is 21.9 Å². The molecule has 1 saturated heterocycles. The molecule has 1 unspecified atom stereocenters. The Morgan fingerprint density at radius 3 is 2.44 bits per heavy atom. The molecule has 0 radical (unpaired) electrons. The number of rotatable bonds is 3. The van der Waals surface area contributed by atoms with Gasteiger partial charge in [-0.15, -0.1) is 11.3 Å². The maximum absolute atomic E-state index is 12.8. The van der Waals surface area contributed by atoms with E-state index in [2.05, 4.69) is 0 Å². The maximum atomic E-state index is 12.8. The van der Waals surface area contributed by atoms with Crippen LogP contribution < -0.4 is 4.90 Å². The van der Waals surface area contributed by atoms with Crippen molar-refractivity contribution in [3.63, 3.8) is 0 Å². The lowest BCUT2D eigenvalue weighted by Crippen LogP contribution is -2.57. The fourth-order valence-electron chi connectivity index (χ4n) is 3.01. The van der Waals surface area contributed by atoms with Crippen LogP contribution in [0.15, 0.2) is 36.4 Å². The number of para-hydroxylation sites is 1. The molecule has 1 atom stereocenters. The molecule has 1 aromatic carbocycles. The van der Waals surface area contributed by atoms with Crippen LogP contribution in [0.25, 0.3) is 0 Å². The number of hydrogen-bond donors (Lipinski definition) is 0. The predicted octanol–water partition coefficient (Wildman–Crippen LogP) is 3.14. The largest absolute Gasteiger partial charge is 0.324 e. The molecule has 0 N–H and O–H groups in total. The highest BCUT2D eigenvalue weighted by Crippen LogP contribution is 2.26. The first kappa shape index (κ1) is 17.4. The first-order valence-electron chi connectivity index (χ1n) is 8.16. The van der Waals surface area contributed by atoms with E-state index in [4.69, 9.17) is 0 Å². The molecule has 1 aliphatic rings. The molecule has 2 heterocycles. The van der Waals surface area contributed by atoms with Gasteiger partial charge >= 0.3 is 0 Å². The zero-order valence-electron chi connectivity index (χ0n) is 14.5. The van der Waals surface area contributed by atoms with Crippen molar-refractivity contribution in [1.29, 1.82) is 0 Å². The van der Waals surface area contributed by atoms with E-state index in [1.165, 1.54) is 18.3 Å². The lowest BCUT2D eigenvalue weighted by molar-refractivity contribution is -0.121. The molecule has 3 rings (SSSR count). The van der Waals surface area contributed by atoms with Crippen molar-refractivity contribution < 1.29 is 14.4 Å². The van der Waals surface area contributed by atoms with Crippen LogP contribution in [0, 0.1) is 6.92 Å². The second kappa shape index (κ2) is 6.80. The topological polar surface area (TPSA) is 57.7 Å². The van der Waals surface area contributed by atoms with Crippen molar-refractivity contribution in [1.82, 2.24) is 4.90 Å². The molecule has 0 saturated carbocycles. The second-order valence-electron chi connectivity index (χ2n) is 6.29. The summed E-state index contributed by atoms with van der Waals surface area (Å²) in [5.41, 5.74) is 1.92. The Labute approximate surface area is 150 Å². The van der Waals surface area contributed by atoms with E-state index in [1.807, 2.05) is 38.1 Å². The van der Waals surface area contributed by atoms with Gasteiger partial charge in [0, 0.05) is 18.3 Å². The van der Waals surface area contributed by atoms with Crippen LogP contribution >= 0.6 is 11.3 Å². The molecule has 2 aromatic rings. The van der Waals surface area contributed by atoms with Gasteiger partial charge in [0.25, 0.3) is 5.91 Å². The van der Waals surface area contributed by atoms with Crippen molar-refractivity contribution in [2.24, 2.45) is 0 Å². The Morgan fingerprint density at radius 2 is 1.80 bits per heavy atom. The average molecular weight is 356 g/mol. The smallest absolute Gasteiger partial charge is 0.264 e. The number of nitrogens with zero attached hydrogens (tertiary/aromatic N) is 2. The Bertz CT molecular complexity index is 843. The maximum Gasteiger partial charge on any atom is 0.264 e. The summed E-state index contributed by atoms with van der Waals surface area (Å²) in [7, 11) is 0. The number of thiophene rings is 1. The van der Waals surface area contributed by atoms with Gasteiger partial charge in [0.1, 0.15) is 6.54 Å². The lowest BCUT2D eigenvalue weighted by atomic mass is 10.1. The molecule has 25 heavy (non-hydrogen) atoms. The van der Waals surface area contributed by atoms with E-state index in [-0.39, 0.29) is 30.2 Å². The van der Waals surface area contributed by atoms with E-state index in [9.17, 15) is 14.4 Å². The number of piperazine rings is 1. The number of benzene rings is 1. The molecule has 1 aromatic heterocycles. The molecule has 0 bridgehead atoms. The van der Waals surface area contributed by atoms with E-state index >= 15 is 0 Å². The van der Waals surface area contributed by atoms with Crippen molar-refractivity contribution in [2.75, 3.05) is 18.0 Å². The highest BCUT2D eigenvalue weighted by molar-refractivity contribution is 7.15. The van der Waals surface area contributed by atoms with Gasteiger partial charge in [-0.2, -0.15) is 0 Å². The van der Waals surface area contributed by atoms with Crippen molar-refractivity contribution in [3.8, 4) is 0 Å². The summed E-state index contributed by atoms with van der Waals surface area (Å²) >= 11 is 1.18. The standard InChI is InChI=1S/C19H20N2O3S/c1-12-6-4-5-7-15(12)21-10-13(2)20(11-18(21)23)19(24)17-9-8-16(25-17)14(3)22/h4-9,13H,10-11H2,1-3H3. The third-order valence-corrected chi connectivity index (χ3v) is 5.59. The Morgan fingerprint density at radius 1 is 1.12 bits per heavy atom. The molecule has 1 fully saturated rings. The van der Waals surface area contributed by atoms with Crippen LogP contribution in [-0.2, 0) is 4.79 Å². The summed E-state index contributed by atoms with van der Waals surface area (Å²) < 4.78 is 0. The van der Waals surface area contributed by atoms with Gasteiger partial charge in [-0.1, -0.05) is 18.2 Å². The van der Waals surface area contributed by atoms with Crippen molar-refractivity contribution >= 4 is 34.6 Å². The minimum Gasteiger partial charge on any atom is -0.324 e. The van der Waals surface area contributed by atoms with Gasteiger partial charge in [-0.25, -0.2) is 0 Å². The van der Waals surface area contributed by atoms with Gasteiger partial charge in [0.05, 0.1) is 9.75 Å². The Hall–Kier alpha value is -2.47. The highest BCUT2D eigenvalue weighted by Gasteiger charge is 2.34. The summed E-state index contributed by atoms with van der Waals surface area (Å²) in [4.78, 5) is 41.2. The van der Waals surface area contributed by atoms with Crippen LogP contribution in [0.4, 0.5) is 5.69 Å². The number of carbonyl (C=O) groups excluding carboxylic acids is 3. The molecule has 0 aliphatic carbocycles. The highest BCUT2D eigenvalue weighted by atomic mass is 32.1. The third-order valence-electron chi connectivity index (χ3n) is 4.42. The number of anilines is 1. The molecule has 6 heteroatoms. The summed E-state index contributed by atoms with van der Waals surface area (Å²) in [6, 6.07) is 11.0. The molecule has 0 spiro atoms. The van der Waals surface area contributed by atoms with E-state index in [0.29, 0.717) is 16.3 Å². The second-order valence-corrected chi connectivity index (χ2v) is 7.38. The number of ketones is 1. The molecule has 2 amide bonds. The normalized spacial score (nSPS) is 17.7. The van der Waals surface area contributed by atoms with E-state index < -0.39 is 0 Å². The summed E-state index contributed by atoms with van der Waals surface area (Å²) in [6.07, 6.45) is 0. The minimum absolute atomic E-state index is 0.0433. The van der Waals surface area contributed by atoms with Crippen LogP contribution in [0.1, 0.15) is 38.8 Å². The zero-order chi connectivity index (χ0) is 18.1. The van der Waals surface area contributed by atoms with Crippen molar-refractivity contribution in [3.05, 3.63) is 51.7 Å². The van der Waals surface area contributed by atoms with Gasteiger partial charge in [0.2, 0.25) is 5.91 Å². The van der Waals surface area contributed by atoms with Crippen LogP contribution in [0.3, 0.4) is 0 Å². The molecular formula is C19H20N2O3S. The number of carbonyl (C=O) groups is 3. The van der Waals surface area contributed by atoms with Gasteiger partial charge in [-0.3, -0.25) is 14.4 Å². The quantitative estimate of drug-likeness (QED) is 0.794. The van der Waals surface area contributed by atoms with Gasteiger partial charge in [-0.05, 0) is 44.5 Å². The SMILES string of the molecule is CC(=O)c1ccc(C(=O)N2CC(=O)N(c3ccccc3C)CC2C)s1. The fraction of sp³-hybridized carbons (Fsp3) is 0.316.